The average Bonchev–Trinajstić information content (AvgIpc) is 2.91. The average molecular weight is 219 g/mol. The quantitative estimate of drug-likeness (QED) is 0.748. The first kappa shape index (κ1) is 9.87. The molecule has 0 bridgehead atoms. The zero-order valence-corrected chi connectivity index (χ0v) is 9.38. The van der Waals surface area contributed by atoms with Crippen LogP contribution in [0.1, 0.15) is 19.3 Å². The van der Waals surface area contributed by atoms with Gasteiger partial charge in [0.15, 0.2) is 0 Å². The number of likely N-dealkylation sites (tertiary alicyclic amines) is 1. The molecule has 2 atom stereocenters. The predicted molar refractivity (Wildman–Crippen MR) is 59.6 cm³/mol. The van der Waals surface area contributed by atoms with Gasteiger partial charge in [-0.15, -0.1) is 0 Å². The van der Waals surface area contributed by atoms with Gasteiger partial charge in [0.1, 0.15) is 6.54 Å². The number of nitrogens with zero attached hydrogens (tertiary/aromatic N) is 3. The lowest BCUT2D eigenvalue weighted by Crippen LogP contribution is -2.32. The number of hydrogen-bond donors (Lipinski definition) is 0. The van der Waals surface area contributed by atoms with Crippen LogP contribution in [0.3, 0.4) is 0 Å². The highest BCUT2D eigenvalue weighted by Crippen LogP contribution is 2.37. The summed E-state index contributed by atoms with van der Waals surface area (Å²) in [5.41, 5.74) is 0. The molecule has 0 radical (unpaired) electrons. The first-order valence-corrected chi connectivity index (χ1v) is 6.08. The highest BCUT2D eigenvalue weighted by Gasteiger charge is 2.37. The van der Waals surface area contributed by atoms with Crippen molar-refractivity contribution in [1.29, 1.82) is 0 Å². The Morgan fingerprint density at radius 1 is 1.31 bits per heavy atom. The van der Waals surface area contributed by atoms with E-state index in [9.17, 15) is 4.79 Å². The Morgan fingerprint density at radius 2 is 2.06 bits per heavy atom. The molecule has 2 aliphatic rings. The van der Waals surface area contributed by atoms with E-state index in [0.717, 1.165) is 24.9 Å². The summed E-state index contributed by atoms with van der Waals surface area (Å²) in [6.07, 6.45) is 7.55. The molecule has 2 fully saturated rings. The van der Waals surface area contributed by atoms with Crippen LogP contribution in [-0.2, 0) is 11.3 Å². The van der Waals surface area contributed by atoms with Crippen molar-refractivity contribution in [3.8, 4) is 0 Å². The van der Waals surface area contributed by atoms with Crippen LogP contribution in [-0.4, -0.2) is 33.7 Å². The Hall–Kier alpha value is -1.32. The minimum absolute atomic E-state index is 0.220. The molecule has 4 heteroatoms. The molecule has 2 heterocycles. The molecule has 2 unspecified atom stereocenters. The van der Waals surface area contributed by atoms with E-state index >= 15 is 0 Å². The van der Waals surface area contributed by atoms with E-state index < -0.39 is 0 Å². The maximum absolute atomic E-state index is 12.0. The lowest BCUT2D eigenvalue weighted by Gasteiger charge is -2.17. The lowest BCUT2D eigenvalue weighted by atomic mass is 10.0. The maximum atomic E-state index is 12.0. The van der Waals surface area contributed by atoms with E-state index in [1.807, 2.05) is 17.2 Å². The molecule has 1 saturated heterocycles. The van der Waals surface area contributed by atoms with Gasteiger partial charge in [-0.25, -0.2) is 0 Å². The smallest absolute Gasteiger partial charge is 0.244 e. The molecule has 0 aromatic carbocycles. The Labute approximate surface area is 95.2 Å². The van der Waals surface area contributed by atoms with Crippen molar-refractivity contribution in [3.63, 3.8) is 0 Å². The highest BCUT2D eigenvalue weighted by atomic mass is 16.2. The van der Waals surface area contributed by atoms with E-state index in [2.05, 4.69) is 5.10 Å². The molecule has 3 rings (SSSR count). The zero-order valence-electron chi connectivity index (χ0n) is 9.38. The number of fused-ring (bicyclic) bond motifs is 1. The van der Waals surface area contributed by atoms with Crippen LogP contribution in [0.2, 0.25) is 0 Å². The fraction of sp³-hybridized carbons (Fsp3) is 0.667. The van der Waals surface area contributed by atoms with Crippen LogP contribution in [0.15, 0.2) is 18.5 Å². The van der Waals surface area contributed by atoms with Crippen molar-refractivity contribution < 1.29 is 4.79 Å². The van der Waals surface area contributed by atoms with Gasteiger partial charge in [-0.2, -0.15) is 5.10 Å². The van der Waals surface area contributed by atoms with Crippen molar-refractivity contribution >= 4 is 5.91 Å². The normalized spacial score (nSPS) is 28.4. The topological polar surface area (TPSA) is 38.1 Å². The summed E-state index contributed by atoms with van der Waals surface area (Å²) in [6, 6.07) is 1.85. The van der Waals surface area contributed by atoms with Gasteiger partial charge in [-0.3, -0.25) is 9.48 Å². The first-order chi connectivity index (χ1) is 7.83. The summed E-state index contributed by atoms with van der Waals surface area (Å²) in [5.74, 6) is 1.78. The third-order valence-corrected chi connectivity index (χ3v) is 3.94. The summed E-state index contributed by atoms with van der Waals surface area (Å²) < 4.78 is 1.70. The molecule has 1 aliphatic heterocycles. The van der Waals surface area contributed by atoms with Crippen LogP contribution in [0.5, 0.6) is 0 Å². The van der Waals surface area contributed by atoms with Gasteiger partial charge in [0, 0.05) is 25.5 Å². The molecular formula is C12H17N3O. The molecule has 1 aliphatic carbocycles. The van der Waals surface area contributed by atoms with E-state index in [4.69, 9.17) is 0 Å². The number of amides is 1. The van der Waals surface area contributed by atoms with Gasteiger partial charge >= 0.3 is 0 Å². The molecular weight excluding hydrogens is 202 g/mol. The number of carbonyl (C=O) groups is 1. The van der Waals surface area contributed by atoms with Gasteiger partial charge in [-0.05, 0) is 30.7 Å². The van der Waals surface area contributed by atoms with Crippen molar-refractivity contribution in [1.82, 2.24) is 14.7 Å². The van der Waals surface area contributed by atoms with E-state index in [-0.39, 0.29) is 5.91 Å². The van der Waals surface area contributed by atoms with Crippen molar-refractivity contribution in [2.45, 2.75) is 25.8 Å². The third kappa shape index (κ3) is 1.72. The van der Waals surface area contributed by atoms with Crippen LogP contribution < -0.4 is 0 Å². The molecule has 86 valence electrons. The lowest BCUT2D eigenvalue weighted by molar-refractivity contribution is -0.131. The van der Waals surface area contributed by atoms with E-state index in [1.54, 1.807) is 10.9 Å². The Kier molecular flexibility index (Phi) is 2.42. The molecule has 0 spiro atoms. The highest BCUT2D eigenvalue weighted by molar-refractivity contribution is 5.76. The summed E-state index contributed by atoms with van der Waals surface area (Å²) >= 11 is 0. The van der Waals surface area contributed by atoms with Crippen molar-refractivity contribution in [2.75, 3.05) is 13.1 Å². The van der Waals surface area contributed by atoms with Crippen molar-refractivity contribution in [3.05, 3.63) is 18.5 Å². The number of rotatable bonds is 2. The molecule has 4 nitrogen and oxygen atoms in total. The second-order valence-corrected chi connectivity index (χ2v) is 4.95. The second-order valence-electron chi connectivity index (χ2n) is 4.95. The number of carbonyl (C=O) groups excluding carboxylic acids is 1. The van der Waals surface area contributed by atoms with Crippen molar-refractivity contribution in [2.24, 2.45) is 11.8 Å². The predicted octanol–water partition coefficient (Wildman–Crippen LogP) is 1.14. The van der Waals surface area contributed by atoms with Gasteiger partial charge in [0.2, 0.25) is 5.91 Å². The molecule has 1 aromatic heterocycles. The van der Waals surface area contributed by atoms with E-state index in [0.29, 0.717) is 6.54 Å². The largest absolute Gasteiger partial charge is 0.341 e. The Morgan fingerprint density at radius 3 is 2.69 bits per heavy atom. The zero-order chi connectivity index (χ0) is 11.0. The monoisotopic (exact) mass is 219 g/mol. The fourth-order valence-corrected chi connectivity index (χ4v) is 3.07. The number of aromatic nitrogens is 2. The summed E-state index contributed by atoms with van der Waals surface area (Å²) in [4.78, 5) is 14.0. The number of hydrogen-bond acceptors (Lipinski definition) is 2. The van der Waals surface area contributed by atoms with Crippen LogP contribution in [0, 0.1) is 11.8 Å². The molecule has 1 aromatic rings. The molecule has 1 amide bonds. The minimum Gasteiger partial charge on any atom is -0.341 e. The van der Waals surface area contributed by atoms with Crippen LogP contribution >= 0.6 is 0 Å². The van der Waals surface area contributed by atoms with Gasteiger partial charge in [-0.1, -0.05) is 6.42 Å². The first-order valence-electron chi connectivity index (χ1n) is 6.08. The SMILES string of the molecule is O=C(Cn1cccn1)N1CC2CCCC2C1. The van der Waals surface area contributed by atoms with Gasteiger partial charge < -0.3 is 4.90 Å². The maximum Gasteiger partial charge on any atom is 0.244 e. The summed E-state index contributed by atoms with van der Waals surface area (Å²) in [7, 11) is 0. The summed E-state index contributed by atoms with van der Waals surface area (Å²) in [6.45, 7) is 2.35. The van der Waals surface area contributed by atoms with Gasteiger partial charge in [0.05, 0.1) is 0 Å². The van der Waals surface area contributed by atoms with E-state index in [1.165, 1.54) is 19.3 Å². The molecule has 16 heavy (non-hydrogen) atoms. The van der Waals surface area contributed by atoms with Crippen LogP contribution in [0.4, 0.5) is 0 Å². The fourth-order valence-electron chi connectivity index (χ4n) is 3.07. The van der Waals surface area contributed by atoms with Crippen LogP contribution in [0.25, 0.3) is 0 Å². The molecule has 0 N–H and O–H groups in total. The summed E-state index contributed by atoms with van der Waals surface area (Å²) in [5, 5.41) is 4.07. The Bertz CT molecular complexity index is 362. The second kappa shape index (κ2) is 3.92. The van der Waals surface area contributed by atoms with Gasteiger partial charge in [0.25, 0.3) is 0 Å². The standard InChI is InChI=1S/C12H17N3O/c16-12(9-15-6-2-5-13-15)14-7-10-3-1-4-11(10)8-14/h2,5-6,10-11H,1,3-4,7-9H2. The molecule has 1 saturated carbocycles. The Balaban J connectivity index is 1.60. The third-order valence-electron chi connectivity index (χ3n) is 3.94. The minimum atomic E-state index is 0.220.